The SMILES string of the molecule is O=C1C[C@H](c2csc3ccccc23)C(=O)N1Cc1ccccc1. The lowest BCUT2D eigenvalue weighted by molar-refractivity contribution is -0.139. The molecule has 1 aliphatic rings. The van der Waals surface area contributed by atoms with Crippen LogP contribution in [0.3, 0.4) is 0 Å². The smallest absolute Gasteiger partial charge is 0.237 e. The van der Waals surface area contributed by atoms with Gasteiger partial charge < -0.3 is 0 Å². The lowest BCUT2D eigenvalue weighted by atomic mass is 9.97. The molecule has 0 saturated carbocycles. The van der Waals surface area contributed by atoms with E-state index in [-0.39, 0.29) is 24.2 Å². The van der Waals surface area contributed by atoms with E-state index in [2.05, 4.69) is 0 Å². The van der Waals surface area contributed by atoms with E-state index < -0.39 is 0 Å². The van der Waals surface area contributed by atoms with Crippen molar-refractivity contribution < 1.29 is 9.59 Å². The van der Waals surface area contributed by atoms with Crippen molar-refractivity contribution in [3.63, 3.8) is 0 Å². The summed E-state index contributed by atoms with van der Waals surface area (Å²) in [5.74, 6) is -0.510. The highest BCUT2D eigenvalue weighted by Gasteiger charge is 2.40. The molecule has 0 radical (unpaired) electrons. The number of carbonyl (C=O) groups excluding carboxylic acids is 2. The van der Waals surface area contributed by atoms with Gasteiger partial charge in [0, 0.05) is 11.1 Å². The molecule has 1 fully saturated rings. The Balaban J connectivity index is 1.65. The molecule has 0 N–H and O–H groups in total. The van der Waals surface area contributed by atoms with Crippen molar-refractivity contribution in [1.82, 2.24) is 4.90 Å². The molecule has 3 aromatic rings. The first-order chi connectivity index (χ1) is 11.2. The third-order valence-electron chi connectivity index (χ3n) is 4.31. The van der Waals surface area contributed by atoms with Crippen LogP contribution in [0.25, 0.3) is 10.1 Å². The van der Waals surface area contributed by atoms with Crippen LogP contribution in [0.5, 0.6) is 0 Å². The highest BCUT2D eigenvalue weighted by Crippen LogP contribution is 2.37. The van der Waals surface area contributed by atoms with Crippen LogP contribution < -0.4 is 0 Å². The number of hydrogen-bond donors (Lipinski definition) is 0. The van der Waals surface area contributed by atoms with E-state index in [4.69, 9.17) is 0 Å². The van der Waals surface area contributed by atoms with Crippen LogP contribution in [-0.4, -0.2) is 16.7 Å². The Hall–Kier alpha value is -2.46. The molecule has 114 valence electrons. The van der Waals surface area contributed by atoms with Gasteiger partial charge in [-0.3, -0.25) is 14.5 Å². The highest BCUT2D eigenvalue weighted by atomic mass is 32.1. The molecule has 2 amide bonds. The van der Waals surface area contributed by atoms with Crippen molar-refractivity contribution in [1.29, 1.82) is 0 Å². The molecule has 1 aromatic heterocycles. The first-order valence-corrected chi connectivity index (χ1v) is 8.46. The van der Waals surface area contributed by atoms with E-state index in [0.717, 1.165) is 21.2 Å². The summed E-state index contributed by atoms with van der Waals surface area (Å²) in [5.41, 5.74) is 1.96. The Morgan fingerprint density at radius 3 is 2.57 bits per heavy atom. The van der Waals surface area contributed by atoms with E-state index in [9.17, 15) is 9.59 Å². The van der Waals surface area contributed by atoms with Crippen LogP contribution in [0.2, 0.25) is 0 Å². The average molecular weight is 321 g/mol. The fourth-order valence-corrected chi connectivity index (χ4v) is 4.14. The summed E-state index contributed by atoms with van der Waals surface area (Å²) in [5, 5.41) is 3.11. The van der Waals surface area contributed by atoms with Crippen LogP contribution >= 0.6 is 11.3 Å². The maximum Gasteiger partial charge on any atom is 0.237 e. The van der Waals surface area contributed by atoms with Crippen molar-refractivity contribution in [2.75, 3.05) is 0 Å². The van der Waals surface area contributed by atoms with Gasteiger partial charge in [0.1, 0.15) is 0 Å². The maximum atomic E-state index is 12.8. The molecule has 2 heterocycles. The summed E-state index contributed by atoms with van der Waals surface area (Å²) >= 11 is 1.63. The van der Waals surface area contributed by atoms with Crippen LogP contribution in [0.15, 0.2) is 60.0 Å². The maximum absolute atomic E-state index is 12.8. The summed E-state index contributed by atoms with van der Waals surface area (Å²) in [6.07, 6.45) is 0.270. The number of amides is 2. The number of fused-ring (bicyclic) bond motifs is 1. The van der Waals surface area contributed by atoms with Gasteiger partial charge in [-0.2, -0.15) is 0 Å². The van der Waals surface area contributed by atoms with Gasteiger partial charge >= 0.3 is 0 Å². The van der Waals surface area contributed by atoms with Crippen molar-refractivity contribution in [2.45, 2.75) is 18.9 Å². The Bertz CT molecular complexity index is 885. The Morgan fingerprint density at radius 1 is 1.00 bits per heavy atom. The molecule has 1 aliphatic heterocycles. The molecule has 4 rings (SSSR count). The summed E-state index contributed by atoms with van der Waals surface area (Å²) in [6, 6.07) is 17.7. The summed E-state index contributed by atoms with van der Waals surface area (Å²) in [6.45, 7) is 0.358. The zero-order valence-corrected chi connectivity index (χ0v) is 13.3. The molecule has 3 nitrogen and oxygen atoms in total. The quantitative estimate of drug-likeness (QED) is 0.685. The molecule has 23 heavy (non-hydrogen) atoms. The van der Waals surface area contributed by atoms with Gasteiger partial charge in [-0.05, 0) is 28.0 Å². The van der Waals surface area contributed by atoms with E-state index in [0.29, 0.717) is 6.54 Å². The van der Waals surface area contributed by atoms with Gasteiger partial charge in [0.2, 0.25) is 11.8 Å². The summed E-state index contributed by atoms with van der Waals surface area (Å²) in [7, 11) is 0. The molecule has 2 aromatic carbocycles. The molecule has 0 bridgehead atoms. The largest absolute Gasteiger partial charge is 0.278 e. The number of nitrogens with zero attached hydrogens (tertiary/aromatic N) is 1. The standard InChI is InChI=1S/C19H15NO2S/c21-18-10-15(16-12-23-17-9-5-4-8-14(16)17)19(22)20(18)11-13-6-2-1-3-7-13/h1-9,12,15H,10-11H2/t15-/m1/s1. The second kappa shape index (κ2) is 5.63. The van der Waals surface area contributed by atoms with Gasteiger partial charge in [0.15, 0.2) is 0 Å². The third kappa shape index (κ3) is 2.45. The van der Waals surface area contributed by atoms with Crippen LogP contribution in [0, 0.1) is 0 Å². The number of carbonyl (C=O) groups is 2. The normalized spacial score (nSPS) is 18.1. The first-order valence-electron chi connectivity index (χ1n) is 7.58. The fraction of sp³-hybridized carbons (Fsp3) is 0.158. The predicted octanol–water partition coefficient (Wildman–Crippen LogP) is 3.94. The van der Waals surface area contributed by atoms with Crippen molar-refractivity contribution >= 4 is 33.2 Å². The summed E-state index contributed by atoms with van der Waals surface area (Å²) < 4.78 is 1.16. The molecular formula is C19H15NO2S. The number of benzene rings is 2. The number of hydrogen-bond acceptors (Lipinski definition) is 3. The summed E-state index contributed by atoms with van der Waals surface area (Å²) in [4.78, 5) is 26.5. The minimum atomic E-state index is -0.345. The number of thiophene rings is 1. The molecular weight excluding hydrogens is 306 g/mol. The molecule has 1 saturated heterocycles. The number of likely N-dealkylation sites (tertiary alicyclic amines) is 1. The van der Waals surface area contributed by atoms with Crippen molar-refractivity contribution in [3.05, 3.63) is 71.1 Å². The second-order valence-corrected chi connectivity index (χ2v) is 6.66. The third-order valence-corrected chi connectivity index (χ3v) is 5.30. The van der Waals surface area contributed by atoms with E-state index in [1.807, 2.05) is 60.0 Å². The highest BCUT2D eigenvalue weighted by molar-refractivity contribution is 7.17. The van der Waals surface area contributed by atoms with Crippen LogP contribution in [-0.2, 0) is 16.1 Å². The van der Waals surface area contributed by atoms with E-state index in [1.165, 1.54) is 4.90 Å². The Kier molecular flexibility index (Phi) is 3.46. The lowest BCUT2D eigenvalue weighted by Crippen LogP contribution is -2.29. The lowest BCUT2D eigenvalue weighted by Gasteiger charge is -2.15. The zero-order valence-electron chi connectivity index (χ0n) is 12.4. The number of rotatable bonds is 3. The van der Waals surface area contributed by atoms with Crippen LogP contribution in [0.1, 0.15) is 23.5 Å². The number of imide groups is 1. The average Bonchev–Trinajstić information content (AvgIpc) is 3.12. The van der Waals surface area contributed by atoms with Gasteiger partial charge in [0.25, 0.3) is 0 Å². The zero-order chi connectivity index (χ0) is 15.8. The second-order valence-electron chi connectivity index (χ2n) is 5.75. The molecule has 0 aliphatic carbocycles. The van der Waals surface area contributed by atoms with Gasteiger partial charge in [-0.15, -0.1) is 11.3 Å². The van der Waals surface area contributed by atoms with E-state index >= 15 is 0 Å². The minimum absolute atomic E-state index is 0.0811. The Labute approximate surface area is 138 Å². The molecule has 4 heteroatoms. The fourth-order valence-electron chi connectivity index (χ4n) is 3.13. The van der Waals surface area contributed by atoms with Crippen LogP contribution in [0.4, 0.5) is 0 Å². The molecule has 0 unspecified atom stereocenters. The minimum Gasteiger partial charge on any atom is -0.278 e. The predicted molar refractivity (Wildman–Crippen MR) is 91.2 cm³/mol. The monoisotopic (exact) mass is 321 g/mol. The van der Waals surface area contributed by atoms with Gasteiger partial charge in [0.05, 0.1) is 12.5 Å². The van der Waals surface area contributed by atoms with Gasteiger partial charge in [-0.25, -0.2) is 0 Å². The van der Waals surface area contributed by atoms with Gasteiger partial charge in [-0.1, -0.05) is 48.5 Å². The molecule has 1 atom stereocenters. The van der Waals surface area contributed by atoms with E-state index in [1.54, 1.807) is 11.3 Å². The Morgan fingerprint density at radius 2 is 1.74 bits per heavy atom. The topological polar surface area (TPSA) is 37.4 Å². The van der Waals surface area contributed by atoms with Crippen molar-refractivity contribution in [2.24, 2.45) is 0 Å². The van der Waals surface area contributed by atoms with Crippen molar-refractivity contribution in [3.8, 4) is 0 Å². The first kappa shape index (κ1) is 14.2. The molecule has 0 spiro atoms.